The van der Waals surface area contributed by atoms with Crippen molar-refractivity contribution in [1.29, 1.82) is 0 Å². The molecule has 1 aromatic heterocycles. The first-order valence-corrected chi connectivity index (χ1v) is 10.3. The van der Waals surface area contributed by atoms with Gasteiger partial charge in [-0.2, -0.15) is 0 Å². The minimum absolute atomic E-state index is 0.712. The molecular weight excluding hydrogens is 376 g/mol. The van der Waals surface area contributed by atoms with Gasteiger partial charge in [0.05, 0.1) is 5.02 Å². The predicted octanol–water partition coefficient (Wildman–Crippen LogP) is 8.96. The molecule has 29 heavy (non-hydrogen) atoms. The summed E-state index contributed by atoms with van der Waals surface area (Å²) in [4.78, 5) is 0. The maximum absolute atomic E-state index is 6.64. The van der Waals surface area contributed by atoms with Crippen molar-refractivity contribution < 1.29 is 4.42 Å². The topological polar surface area (TPSA) is 13.1 Å². The molecule has 0 atom stereocenters. The fraction of sp³-hybridized carbons (Fsp3) is 0.111. The lowest BCUT2D eigenvalue weighted by Crippen LogP contribution is -1.82. The van der Waals surface area contributed by atoms with E-state index in [1.165, 1.54) is 10.8 Å². The van der Waals surface area contributed by atoms with Gasteiger partial charge in [-0.3, -0.25) is 0 Å². The van der Waals surface area contributed by atoms with E-state index in [0.717, 1.165) is 39.5 Å². The first kappa shape index (κ1) is 19.3. The van der Waals surface area contributed by atoms with Crippen LogP contribution in [0.25, 0.3) is 44.7 Å². The number of rotatable bonds is 5. The van der Waals surface area contributed by atoms with Crippen molar-refractivity contribution in [2.75, 3.05) is 0 Å². The molecule has 3 aromatic carbocycles. The number of fused-ring (bicyclic) bond motifs is 5. The molecule has 0 aliphatic heterocycles. The molecule has 0 aliphatic carbocycles. The molecule has 2 heteroatoms. The van der Waals surface area contributed by atoms with Crippen molar-refractivity contribution in [3.05, 3.63) is 95.3 Å². The summed E-state index contributed by atoms with van der Waals surface area (Å²) in [6.07, 6.45) is 17.4. The Balaban J connectivity index is 1.98. The number of hydrogen-bond donors (Lipinski definition) is 0. The van der Waals surface area contributed by atoms with Crippen LogP contribution in [-0.2, 0) is 0 Å². The Morgan fingerprint density at radius 3 is 2.55 bits per heavy atom. The highest BCUT2D eigenvalue weighted by Crippen LogP contribution is 2.41. The molecule has 4 rings (SSSR count). The van der Waals surface area contributed by atoms with Gasteiger partial charge in [0.25, 0.3) is 0 Å². The molecule has 0 N–H and O–H groups in total. The van der Waals surface area contributed by atoms with Gasteiger partial charge >= 0.3 is 0 Å². The summed E-state index contributed by atoms with van der Waals surface area (Å²) in [6, 6.07) is 14.6. The summed E-state index contributed by atoms with van der Waals surface area (Å²) in [7, 11) is 0. The van der Waals surface area contributed by atoms with E-state index in [-0.39, 0.29) is 0 Å². The Bertz CT molecular complexity index is 1300. The highest BCUT2D eigenvalue weighted by Gasteiger charge is 2.17. The maximum atomic E-state index is 6.64. The Hall–Kier alpha value is -3.03. The SMILES string of the molecule is C/C=C\C=C/C/C=C\c1oc2cc(Cl)c3ccc4ccccc4c3c2c1/C=C\C. The molecule has 144 valence electrons. The largest absolute Gasteiger partial charge is 0.456 e. The van der Waals surface area contributed by atoms with E-state index in [2.05, 4.69) is 72.9 Å². The minimum atomic E-state index is 0.712. The average molecular weight is 399 g/mol. The van der Waals surface area contributed by atoms with Crippen LogP contribution in [0, 0.1) is 0 Å². The molecule has 0 saturated heterocycles. The van der Waals surface area contributed by atoms with Crippen LogP contribution < -0.4 is 0 Å². The molecule has 0 amide bonds. The van der Waals surface area contributed by atoms with E-state index in [9.17, 15) is 0 Å². The summed E-state index contributed by atoms with van der Waals surface area (Å²) >= 11 is 6.64. The quantitative estimate of drug-likeness (QED) is 0.241. The normalized spacial score (nSPS) is 12.9. The third-order valence-electron chi connectivity index (χ3n) is 5.01. The Morgan fingerprint density at radius 2 is 1.72 bits per heavy atom. The molecule has 0 unspecified atom stereocenters. The van der Waals surface area contributed by atoms with Gasteiger partial charge in [0.1, 0.15) is 11.3 Å². The van der Waals surface area contributed by atoms with Crippen LogP contribution in [0.1, 0.15) is 31.6 Å². The first-order valence-electron chi connectivity index (χ1n) is 9.88. The third-order valence-corrected chi connectivity index (χ3v) is 5.32. The van der Waals surface area contributed by atoms with E-state index < -0.39 is 0 Å². The molecule has 1 heterocycles. The number of hydrogen-bond acceptors (Lipinski definition) is 1. The summed E-state index contributed by atoms with van der Waals surface area (Å²) in [5.41, 5.74) is 1.91. The van der Waals surface area contributed by atoms with Gasteiger partial charge in [0.2, 0.25) is 0 Å². The monoisotopic (exact) mass is 398 g/mol. The standard InChI is InChI=1S/C27H23ClO/c1-3-5-6-7-8-9-15-24-22(12-4-2)27-25(29-24)18-23(28)21-17-16-19-13-10-11-14-20(19)26(21)27/h3-7,9-18H,8H2,1-2H3/b5-3-,7-6-,12-4-,15-9-. The maximum Gasteiger partial charge on any atom is 0.137 e. The second kappa shape index (κ2) is 8.55. The number of halogens is 1. The molecular formula is C27H23ClO. The molecule has 0 spiro atoms. The lowest BCUT2D eigenvalue weighted by molar-refractivity contribution is 0.603. The van der Waals surface area contributed by atoms with Gasteiger partial charge < -0.3 is 4.42 Å². The van der Waals surface area contributed by atoms with Crippen molar-refractivity contribution >= 4 is 56.3 Å². The van der Waals surface area contributed by atoms with Gasteiger partial charge in [-0.15, -0.1) is 0 Å². The summed E-state index contributed by atoms with van der Waals surface area (Å²) < 4.78 is 6.26. The van der Waals surface area contributed by atoms with Crippen LogP contribution in [0.15, 0.2) is 83.3 Å². The Kier molecular flexibility index (Phi) is 5.69. The van der Waals surface area contributed by atoms with Gasteiger partial charge in [-0.05, 0) is 37.1 Å². The van der Waals surface area contributed by atoms with Crippen LogP contribution in [0.3, 0.4) is 0 Å². The van der Waals surface area contributed by atoms with Gasteiger partial charge in [0, 0.05) is 27.8 Å². The molecule has 0 fully saturated rings. The summed E-state index contributed by atoms with van der Waals surface area (Å²) in [5, 5.41) is 6.41. The molecule has 1 nitrogen and oxygen atoms in total. The van der Waals surface area contributed by atoms with Crippen LogP contribution in [0.4, 0.5) is 0 Å². The third kappa shape index (κ3) is 3.66. The fourth-order valence-corrected chi connectivity index (χ4v) is 4.01. The molecule has 0 radical (unpaired) electrons. The van der Waals surface area contributed by atoms with Crippen LogP contribution in [0.2, 0.25) is 5.02 Å². The number of furan rings is 1. The Labute approximate surface area is 176 Å². The summed E-state index contributed by atoms with van der Waals surface area (Å²) in [6.45, 7) is 4.04. The zero-order chi connectivity index (χ0) is 20.2. The van der Waals surface area contributed by atoms with E-state index >= 15 is 0 Å². The van der Waals surface area contributed by atoms with Crippen LogP contribution >= 0.6 is 11.6 Å². The fourth-order valence-electron chi connectivity index (χ4n) is 3.75. The highest BCUT2D eigenvalue weighted by atomic mass is 35.5. The van der Waals surface area contributed by atoms with Crippen molar-refractivity contribution in [2.45, 2.75) is 20.3 Å². The second-order valence-corrected chi connectivity index (χ2v) is 7.32. The summed E-state index contributed by atoms with van der Waals surface area (Å²) in [5.74, 6) is 0.856. The second-order valence-electron chi connectivity index (χ2n) is 6.91. The Morgan fingerprint density at radius 1 is 0.862 bits per heavy atom. The van der Waals surface area contributed by atoms with Crippen LogP contribution in [0.5, 0.6) is 0 Å². The average Bonchev–Trinajstić information content (AvgIpc) is 3.07. The van der Waals surface area contributed by atoms with E-state index in [1.807, 2.05) is 32.1 Å². The minimum Gasteiger partial charge on any atom is -0.456 e. The molecule has 0 aliphatic rings. The zero-order valence-electron chi connectivity index (χ0n) is 16.7. The van der Waals surface area contributed by atoms with E-state index in [1.54, 1.807) is 0 Å². The van der Waals surface area contributed by atoms with Crippen molar-refractivity contribution in [2.24, 2.45) is 0 Å². The zero-order valence-corrected chi connectivity index (χ0v) is 17.4. The number of allylic oxidation sites excluding steroid dienone is 6. The van der Waals surface area contributed by atoms with Gasteiger partial charge in [-0.1, -0.05) is 90.5 Å². The molecule has 0 bridgehead atoms. The predicted molar refractivity (Wildman–Crippen MR) is 129 cm³/mol. The van der Waals surface area contributed by atoms with Crippen molar-refractivity contribution in [1.82, 2.24) is 0 Å². The first-order chi connectivity index (χ1) is 14.2. The van der Waals surface area contributed by atoms with E-state index in [0.29, 0.717) is 5.02 Å². The smallest absolute Gasteiger partial charge is 0.137 e. The van der Waals surface area contributed by atoms with E-state index in [4.69, 9.17) is 16.0 Å². The lowest BCUT2D eigenvalue weighted by Gasteiger charge is -2.07. The van der Waals surface area contributed by atoms with Crippen LogP contribution in [-0.4, -0.2) is 0 Å². The highest BCUT2D eigenvalue weighted by molar-refractivity contribution is 6.39. The van der Waals surface area contributed by atoms with Gasteiger partial charge in [-0.25, -0.2) is 0 Å². The lowest BCUT2D eigenvalue weighted by atomic mass is 9.96. The number of benzene rings is 3. The van der Waals surface area contributed by atoms with Crippen molar-refractivity contribution in [3.63, 3.8) is 0 Å². The van der Waals surface area contributed by atoms with Gasteiger partial charge in [0.15, 0.2) is 0 Å². The van der Waals surface area contributed by atoms with Crippen molar-refractivity contribution in [3.8, 4) is 0 Å². The molecule has 0 saturated carbocycles. The molecule has 4 aromatic rings.